The second-order valence-electron chi connectivity index (χ2n) is 5.35. The molecule has 1 unspecified atom stereocenters. The van der Waals surface area contributed by atoms with E-state index in [9.17, 15) is 4.79 Å². The van der Waals surface area contributed by atoms with Gasteiger partial charge in [0.05, 0.1) is 11.4 Å². The van der Waals surface area contributed by atoms with E-state index in [0.29, 0.717) is 11.5 Å². The third-order valence-electron chi connectivity index (χ3n) is 3.95. The van der Waals surface area contributed by atoms with E-state index in [1.807, 2.05) is 0 Å². The highest BCUT2D eigenvalue weighted by Crippen LogP contribution is 2.37. The number of thioether (sulfide) groups is 1. The molecule has 0 aromatic carbocycles. The first-order chi connectivity index (χ1) is 8.76. The smallest absolute Gasteiger partial charge is 0.146 e. The zero-order chi connectivity index (χ0) is 12.8. The van der Waals surface area contributed by atoms with E-state index in [0.717, 1.165) is 57.7 Å². The molecule has 0 bridgehead atoms. The van der Waals surface area contributed by atoms with Crippen LogP contribution in [-0.4, -0.2) is 42.7 Å². The van der Waals surface area contributed by atoms with Crippen LogP contribution in [-0.2, 0) is 14.3 Å². The maximum absolute atomic E-state index is 12.2. The molecular formula is C14H24O3S. The Hall–Kier alpha value is -0.0600. The number of rotatable bonds is 5. The molecule has 104 valence electrons. The van der Waals surface area contributed by atoms with Gasteiger partial charge < -0.3 is 9.47 Å². The molecule has 2 rings (SSSR count). The van der Waals surface area contributed by atoms with Crippen molar-refractivity contribution in [3.05, 3.63) is 0 Å². The van der Waals surface area contributed by atoms with Gasteiger partial charge in [-0.25, -0.2) is 0 Å². The lowest BCUT2D eigenvalue weighted by molar-refractivity contribution is -0.155. The number of carbonyl (C=O) groups is 1. The Morgan fingerprint density at radius 1 is 1.33 bits per heavy atom. The Bertz CT molecular complexity index is 269. The zero-order valence-electron chi connectivity index (χ0n) is 11.3. The molecule has 18 heavy (non-hydrogen) atoms. The second kappa shape index (κ2) is 6.92. The van der Waals surface area contributed by atoms with Gasteiger partial charge in [0.1, 0.15) is 5.78 Å². The molecule has 2 saturated heterocycles. The topological polar surface area (TPSA) is 35.5 Å². The van der Waals surface area contributed by atoms with Gasteiger partial charge in [0.25, 0.3) is 0 Å². The van der Waals surface area contributed by atoms with Gasteiger partial charge in [-0.3, -0.25) is 4.79 Å². The van der Waals surface area contributed by atoms with Gasteiger partial charge in [0.15, 0.2) is 0 Å². The van der Waals surface area contributed by atoms with Crippen molar-refractivity contribution in [3.8, 4) is 0 Å². The van der Waals surface area contributed by atoms with E-state index < -0.39 is 0 Å². The van der Waals surface area contributed by atoms with Gasteiger partial charge in [-0.2, -0.15) is 11.8 Å². The summed E-state index contributed by atoms with van der Waals surface area (Å²) in [6.45, 7) is 4.47. The van der Waals surface area contributed by atoms with Gasteiger partial charge in [-0.15, -0.1) is 0 Å². The Morgan fingerprint density at radius 3 is 2.83 bits per heavy atom. The maximum atomic E-state index is 12.2. The van der Waals surface area contributed by atoms with E-state index in [-0.39, 0.29) is 11.5 Å². The summed E-state index contributed by atoms with van der Waals surface area (Å²) in [5.74, 6) is 2.43. The van der Waals surface area contributed by atoms with Gasteiger partial charge >= 0.3 is 0 Å². The minimum Gasteiger partial charge on any atom is -0.381 e. The molecule has 0 amide bonds. The Balaban J connectivity index is 1.83. The standard InChI is InChI=1S/C14H24O3S/c1-2-9-18-11-13(15)12-3-6-17-14(10-12)4-7-16-8-5-14/h12H,2-11H2,1H3. The van der Waals surface area contributed by atoms with Gasteiger partial charge in [0.2, 0.25) is 0 Å². The maximum Gasteiger partial charge on any atom is 0.146 e. The van der Waals surface area contributed by atoms with Gasteiger partial charge in [-0.1, -0.05) is 6.92 Å². The summed E-state index contributed by atoms with van der Waals surface area (Å²) in [6, 6.07) is 0. The first kappa shape index (κ1) is 14.4. The molecule has 1 spiro atoms. The number of ether oxygens (including phenoxy) is 2. The Labute approximate surface area is 114 Å². The van der Waals surface area contributed by atoms with Crippen LogP contribution in [0.2, 0.25) is 0 Å². The van der Waals surface area contributed by atoms with E-state index in [1.165, 1.54) is 0 Å². The van der Waals surface area contributed by atoms with Crippen molar-refractivity contribution in [2.24, 2.45) is 5.92 Å². The normalized spacial score (nSPS) is 27.3. The molecule has 4 heteroatoms. The van der Waals surface area contributed by atoms with Gasteiger partial charge in [0, 0.05) is 25.7 Å². The monoisotopic (exact) mass is 272 g/mol. The van der Waals surface area contributed by atoms with E-state index in [2.05, 4.69) is 6.92 Å². The SMILES string of the molecule is CCCSCC(=O)C1CCOC2(CCOCC2)C1. The first-order valence-corrected chi connectivity index (χ1v) is 8.23. The predicted molar refractivity (Wildman–Crippen MR) is 74.1 cm³/mol. The van der Waals surface area contributed by atoms with Crippen molar-refractivity contribution in [1.29, 1.82) is 0 Å². The van der Waals surface area contributed by atoms with Crippen LogP contribution in [0, 0.1) is 5.92 Å². The molecule has 0 aliphatic carbocycles. The Morgan fingerprint density at radius 2 is 2.11 bits per heavy atom. The molecule has 0 saturated carbocycles. The van der Waals surface area contributed by atoms with Crippen molar-refractivity contribution in [3.63, 3.8) is 0 Å². The average Bonchev–Trinajstić information content (AvgIpc) is 2.40. The highest BCUT2D eigenvalue weighted by molar-refractivity contribution is 7.99. The first-order valence-electron chi connectivity index (χ1n) is 7.08. The number of hydrogen-bond donors (Lipinski definition) is 0. The van der Waals surface area contributed by atoms with Crippen molar-refractivity contribution < 1.29 is 14.3 Å². The quantitative estimate of drug-likeness (QED) is 0.721. The summed E-state index contributed by atoms with van der Waals surface area (Å²) in [7, 11) is 0. The lowest BCUT2D eigenvalue weighted by atomic mass is 9.79. The molecule has 1 atom stereocenters. The fraction of sp³-hybridized carbons (Fsp3) is 0.929. The highest BCUT2D eigenvalue weighted by atomic mass is 32.2. The lowest BCUT2D eigenvalue weighted by Gasteiger charge is -2.42. The molecular weight excluding hydrogens is 248 g/mol. The van der Waals surface area contributed by atoms with Crippen LogP contribution in [0.1, 0.15) is 39.0 Å². The lowest BCUT2D eigenvalue weighted by Crippen LogP contribution is -2.46. The fourth-order valence-electron chi connectivity index (χ4n) is 2.83. The number of Topliss-reactive ketones (excluding diaryl/α,β-unsaturated/α-hetero) is 1. The predicted octanol–water partition coefficient (Wildman–Crippen LogP) is 2.67. The number of carbonyl (C=O) groups excluding carboxylic acids is 1. The largest absolute Gasteiger partial charge is 0.381 e. The van der Waals surface area contributed by atoms with Crippen LogP contribution < -0.4 is 0 Å². The van der Waals surface area contributed by atoms with Crippen LogP contribution in [0.3, 0.4) is 0 Å². The summed E-state index contributed by atoms with van der Waals surface area (Å²) in [4.78, 5) is 12.2. The molecule has 0 radical (unpaired) electrons. The minimum atomic E-state index is -0.0494. The summed E-state index contributed by atoms with van der Waals surface area (Å²) >= 11 is 1.78. The number of ketones is 1. The van der Waals surface area contributed by atoms with Crippen molar-refractivity contribution >= 4 is 17.5 Å². The molecule has 2 fully saturated rings. The Kier molecular flexibility index (Phi) is 5.52. The summed E-state index contributed by atoms with van der Waals surface area (Å²) < 4.78 is 11.4. The summed E-state index contributed by atoms with van der Waals surface area (Å²) in [5.41, 5.74) is -0.0494. The third kappa shape index (κ3) is 3.72. The molecule has 2 aliphatic heterocycles. The molecule has 3 nitrogen and oxygen atoms in total. The second-order valence-corrected chi connectivity index (χ2v) is 6.46. The van der Waals surface area contributed by atoms with Crippen LogP contribution in [0.4, 0.5) is 0 Å². The van der Waals surface area contributed by atoms with Crippen LogP contribution in [0.15, 0.2) is 0 Å². The van der Waals surface area contributed by atoms with Crippen LogP contribution >= 0.6 is 11.8 Å². The minimum absolute atomic E-state index is 0.0494. The van der Waals surface area contributed by atoms with E-state index >= 15 is 0 Å². The fourth-order valence-corrected chi connectivity index (χ4v) is 3.70. The van der Waals surface area contributed by atoms with Crippen molar-refractivity contribution in [2.45, 2.75) is 44.6 Å². The van der Waals surface area contributed by atoms with Gasteiger partial charge in [-0.05, 0) is 37.9 Å². The third-order valence-corrected chi connectivity index (χ3v) is 5.13. The molecule has 2 heterocycles. The van der Waals surface area contributed by atoms with Crippen LogP contribution in [0.5, 0.6) is 0 Å². The number of hydrogen-bond acceptors (Lipinski definition) is 4. The zero-order valence-corrected chi connectivity index (χ0v) is 12.1. The van der Waals surface area contributed by atoms with Crippen molar-refractivity contribution in [2.75, 3.05) is 31.3 Å². The molecule has 0 aromatic rings. The summed E-state index contributed by atoms with van der Waals surface area (Å²) in [5, 5.41) is 0. The highest BCUT2D eigenvalue weighted by Gasteiger charge is 2.40. The van der Waals surface area contributed by atoms with Crippen molar-refractivity contribution in [1.82, 2.24) is 0 Å². The molecule has 0 aromatic heterocycles. The molecule has 0 N–H and O–H groups in total. The summed E-state index contributed by atoms with van der Waals surface area (Å²) in [6.07, 6.45) is 4.89. The van der Waals surface area contributed by atoms with E-state index in [4.69, 9.17) is 9.47 Å². The molecule has 2 aliphatic rings. The average molecular weight is 272 g/mol. The van der Waals surface area contributed by atoms with Crippen LogP contribution in [0.25, 0.3) is 0 Å². The van der Waals surface area contributed by atoms with E-state index in [1.54, 1.807) is 11.8 Å².